The summed E-state index contributed by atoms with van der Waals surface area (Å²) in [6.45, 7) is 0. The minimum Gasteiger partial charge on any atom is -0.308 e. The number of nitrogens with one attached hydrogen (secondary N) is 1. The third-order valence-electron chi connectivity index (χ3n) is 0.825. The average molecular weight is 116 g/mol. The molecule has 1 amide bonds. The van der Waals surface area contributed by atoms with Crippen molar-refractivity contribution < 1.29 is 4.79 Å². The normalized spacial score (nSPS) is 14.0. The van der Waals surface area contributed by atoms with Crippen LogP contribution in [0.5, 0.6) is 0 Å². The third-order valence-corrected chi connectivity index (χ3v) is 0.825. The number of rotatable bonds is 2. The lowest BCUT2D eigenvalue weighted by Gasteiger charge is -2.13. The second kappa shape index (κ2) is 2.64. The largest absolute Gasteiger partial charge is 0.308 e. The van der Waals surface area contributed by atoms with Gasteiger partial charge in [-0.05, 0) is 14.1 Å². The first-order chi connectivity index (χ1) is 3.55. The van der Waals surface area contributed by atoms with Gasteiger partial charge in [0.1, 0.15) is 6.17 Å². The minimum absolute atomic E-state index is 0.755. The van der Waals surface area contributed by atoms with E-state index in [9.17, 15) is 4.79 Å². The number of carbonyl (C=O) groups is 1. The van der Waals surface area contributed by atoms with Gasteiger partial charge in [-0.3, -0.25) is 15.4 Å². The van der Waals surface area contributed by atoms with Crippen LogP contribution in [0.2, 0.25) is 0 Å². The fourth-order valence-corrected chi connectivity index (χ4v) is 0.235. The molecule has 1 radical (unpaired) electrons. The Bertz CT molecular complexity index is 91.3. The Morgan fingerprint density at radius 1 is 1.75 bits per heavy atom. The molecule has 4 heteroatoms. The van der Waals surface area contributed by atoms with Crippen LogP contribution in [0.1, 0.15) is 0 Å². The molecule has 8 heavy (non-hydrogen) atoms. The summed E-state index contributed by atoms with van der Waals surface area (Å²) in [6.07, 6.45) is -0.769. The van der Waals surface area contributed by atoms with E-state index in [-0.39, 0.29) is 0 Å². The predicted molar refractivity (Wildman–Crippen MR) is 29.8 cm³/mol. The van der Waals surface area contributed by atoms with E-state index < -0.39 is 12.1 Å². The van der Waals surface area contributed by atoms with Crippen molar-refractivity contribution in [2.45, 2.75) is 6.17 Å². The van der Waals surface area contributed by atoms with Gasteiger partial charge in [-0.2, -0.15) is 0 Å². The van der Waals surface area contributed by atoms with Crippen LogP contribution in [0.4, 0.5) is 0 Å². The van der Waals surface area contributed by atoms with Gasteiger partial charge >= 0.3 is 0 Å². The summed E-state index contributed by atoms with van der Waals surface area (Å²) >= 11 is 0. The lowest BCUT2D eigenvalue weighted by atomic mass is 10.5. The fourth-order valence-electron chi connectivity index (χ4n) is 0.235. The van der Waals surface area contributed by atoms with Crippen LogP contribution in [0.15, 0.2) is 0 Å². The van der Waals surface area contributed by atoms with Gasteiger partial charge in [-0.25, -0.2) is 0 Å². The predicted octanol–water partition coefficient (Wildman–Crippen LogP) is -1.36. The molecular weight excluding hydrogens is 106 g/mol. The molecule has 0 aliphatic carbocycles. The Morgan fingerprint density at radius 2 is 2.12 bits per heavy atom. The molecule has 0 saturated heterocycles. The van der Waals surface area contributed by atoms with Gasteiger partial charge in [0.05, 0.1) is 0 Å². The first kappa shape index (κ1) is 7.39. The zero-order chi connectivity index (χ0) is 6.73. The van der Waals surface area contributed by atoms with Gasteiger partial charge in [-0.1, -0.05) is 0 Å². The summed E-state index contributed by atoms with van der Waals surface area (Å²) < 4.78 is 0. The van der Waals surface area contributed by atoms with E-state index in [0.717, 1.165) is 0 Å². The van der Waals surface area contributed by atoms with E-state index in [1.807, 2.05) is 0 Å². The number of hydrogen-bond donors (Lipinski definition) is 1. The number of nitrogens with zero attached hydrogens (tertiary/aromatic N) is 1. The highest BCUT2D eigenvalue weighted by molar-refractivity contribution is 5.78. The Morgan fingerprint density at radius 3 is 2.12 bits per heavy atom. The Balaban J connectivity index is 3.64. The molecule has 0 heterocycles. The smallest absolute Gasteiger partial charge is 0.270 e. The average Bonchev–Trinajstić information content (AvgIpc) is 1.64. The molecule has 0 aromatic heterocycles. The van der Waals surface area contributed by atoms with E-state index >= 15 is 0 Å². The van der Waals surface area contributed by atoms with E-state index in [1.165, 1.54) is 4.90 Å². The van der Waals surface area contributed by atoms with Crippen molar-refractivity contribution in [2.75, 3.05) is 14.1 Å². The first-order valence-corrected chi connectivity index (χ1v) is 2.23. The van der Waals surface area contributed by atoms with Gasteiger partial charge in [0.2, 0.25) is 0 Å². The lowest BCUT2D eigenvalue weighted by Crippen LogP contribution is -2.43. The topological polar surface area (TPSA) is 70.1 Å². The summed E-state index contributed by atoms with van der Waals surface area (Å²) in [4.78, 5) is 11.6. The van der Waals surface area contributed by atoms with Crippen molar-refractivity contribution in [3.05, 3.63) is 0 Å². The highest BCUT2D eigenvalue weighted by Gasteiger charge is 2.10. The Labute approximate surface area is 48.4 Å². The van der Waals surface area contributed by atoms with Crippen LogP contribution in [0.25, 0.3) is 0 Å². The van der Waals surface area contributed by atoms with Crippen LogP contribution in [-0.2, 0) is 4.79 Å². The van der Waals surface area contributed by atoms with Crippen LogP contribution < -0.4 is 11.5 Å². The molecule has 0 spiro atoms. The van der Waals surface area contributed by atoms with Crippen molar-refractivity contribution in [1.82, 2.24) is 10.6 Å². The molecule has 0 aliphatic rings. The van der Waals surface area contributed by atoms with Crippen LogP contribution in [0, 0.1) is 0 Å². The molecule has 0 rings (SSSR count). The van der Waals surface area contributed by atoms with Gasteiger partial charge in [-0.15, -0.1) is 0 Å². The molecule has 0 bridgehead atoms. The molecule has 1 unspecified atom stereocenters. The third kappa shape index (κ3) is 1.90. The van der Waals surface area contributed by atoms with Gasteiger partial charge in [0.25, 0.3) is 5.91 Å². The fraction of sp³-hybridized carbons (Fsp3) is 0.750. The summed E-state index contributed by atoms with van der Waals surface area (Å²) in [6, 6.07) is 0. The number of carbonyl (C=O) groups excluding carboxylic acids is 1. The van der Waals surface area contributed by atoms with Crippen molar-refractivity contribution in [3.63, 3.8) is 0 Å². The summed E-state index contributed by atoms with van der Waals surface area (Å²) in [5, 5.41) is 0. The second-order valence-corrected chi connectivity index (χ2v) is 1.77. The van der Waals surface area contributed by atoms with Gasteiger partial charge in [0.15, 0.2) is 0 Å². The van der Waals surface area contributed by atoms with Crippen molar-refractivity contribution in [3.8, 4) is 0 Å². The number of nitrogens with two attached hydrogens (primary N) is 1. The zero-order valence-corrected chi connectivity index (χ0v) is 5.01. The number of likely N-dealkylation sites (N-methyl/N-ethyl adjacent to an activating group) is 1. The second-order valence-electron chi connectivity index (χ2n) is 1.77. The van der Waals surface area contributed by atoms with Crippen molar-refractivity contribution in [1.29, 1.82) is 0 Å². The molecule has 47 valence electrons. The van der Waals surface area contributed by atoms with E-state index in [0.29, 0.717) is 0 Å². The molecule has 1 atom stereocenters. The first-order valence-electron chi connectivity index (χ1n) is 2.23. The summed E-state index contributed by atoms with van der Waals surface area (Å²) in [7, 11) is 3.30. The van der Waals surface area contributed by atoms with Crippen LogP contribution in [-0.4, -0.2) is 31.1 Å². The van der Waals surface area contributed by atoms with Crippen LogP contribution >= 0.6 is 0 Å². The molecule has 0 saturated carbocycles. The minimum atomic E-state index is -0.769. The zero-order valence-electron chi connectivity index (χ0n) is 5.01. The summed E-state index contributed by atoms with van der Waals surface area (Å²) in [5.74, 6) is -0.755. The molecule has 0 fully saturated rings. The quantitative estimate of drug-likeness (QED) is 0.453. The number of amides is 1. The Hall–Kier alpha value is -0.610. The lowest BCUT2D eigenvalue weighted by molar-refractivity contribution is -0.122. The monoisotopic (exact) mass is 116 g/mol. The standard InChI is InChI=1S/C4H10N3O/c1-7(2)3(5)4(6)8/h3,6H,5H2,1-2H3. The molecule has 0 aliphatic heterocycles. The van der Waals surface area contributed by atoms with E-state index in [1.54, 1.807) is 14.1 Å². The number of hydrogen-bond acceptors (Lipinski definition) is 3. The maximum Gasteiger partial charge on any atom is 0.270 e. The highest BCUT2D eigenvalue weighted by Crippen LogP contribution is 1.79. The maximum atomic E-state index is 10.1. The molecular formula is C4H10N3O. The van der Waals surface area contributed by atoms with E-state index in [2.05, 4.69) is 0 Å². The van der Waals surface area contributed by atoms with Gasteiger partial charge in [0, 0.05) is 0 Å². The highest BCUT2D eigenvalue weighted by atomic mass is 16.1. The van der Waals surface area contributed by atoms with Crippen molar-refractivity contribution >= 4 is 5.91 Å². The Kier molecular flexibility index (Phi) is 2.44. The van der Waals surface area contributed by atoms with Crippen LogP contribution in [0.3, 0.4) is 0 Å². The molecule has 3 N–H and O–H groups in total. The van der Waals surface area contributed by atoms with Crippen molar-refractivity contribution in [2.24, 2.45) is 5.73 Å². The maximum absolute atomic E-state index is 10.1. The van der Waals surface area contributed by atoms with Gasteiger partial charge < -0.3 is 5.73 Å². The SMILES string of the molecule is CN(C)C(N)C([NH])=O. The molecule has 0 aromatic carbocycles. The molecule has 4 nitrogen and oxygen atoms in total. The molecule has 0 aromatic rings. The summed E-state index contributed by atoms with van der Waals surface area (Å²) in [5.41, 5.74) is 11.7. The van der Waals surface area contributed by atoms with E-state index in [4.69, 9.17) is 11.5 Å².